The van der Waals surface area contributed by atoms with Gasteiger partial charge in [0.1, 0.15) is 6.10 Å². The van der Waals surface area contributed by atoms with Gasteiger partial charge >= 0.3 is 0 Å². The van der Waals surface area contributed by atoms with Crippen molar-refractivity contribution in [2.45, 2.75) is 13.0 Å². The lowest BCUT2D eigenvalue weighted by atomic mass is 10.1. The Kier molecular flexibility index (Phi) is 3.18. The molecule has 0 spiro atoms. The molecular weight excluding hydrogens is 190 g/mol. The van der Waals surface area contributed by atoms with Gasteiger partial charge in [-0.3, -0.25) is 4.98 Å². The second kappa shape index (κ2) is 4.59. The van der Waals surface area contributed by atoms with E-state index in [0.29, 0.717) is 0 Å². The molecule has 1 fully saturated rings. The molecule has 1 atom stereocenters. The van der Waals surface area contributed by atoms with Gasteiger partial charge in [0, 0.05) is 31.5 Å². The van der Waals surface area contributed by atoms with Crippen molar-refractivity contribution in [3.05, 3.63) is 23.5 Å². The minimum atomic E-state index is 0.0887. The number of anilines is 1. The number of nitrogens with one attached hydrogen (secondary N) is 2. The second-order valence-corrected chi connectivity index (χ2v) is 3.74. The molecule has 4 heteroatoms. The van der Waals surface area contributed by atoms with Crippen LogP contribution in [0.2, 0.25) is 0 Å². The third-order valence-electron chi connectivity index (χ3n) is 2.52. The normalized spacial score (nSPS) is 21.3. The third kappa shape index (κ3) is 2.46. The minimum absolute atomic E-state index is 0.0887. The van der Waals surface area contributed by atoms with Crippen molar-refractivity contribution in [1.29, 1.82) is 0 Å². The fourth-order valence-electron chi connectivity index (χ4n) is 1.76. The molecule has 1 saturated heterocycles. The van der Waals surface area contributed by atoms with Gasteiger partial charge < -0.3 is 15.4 Å². The van der Waals surface area contributed by atoms with Crippen LogP contribution in [-0.4, -0.2) is 31.7 Å². The summed E-state index contributed by atoms with van der Waals surface area (Å²) in [6.45, 7) is 4.54. The smallest absolute Gasteiger partial charge is 0.112 e. The number of ether oxygens (including phenoxy) is 1. The molecule has 2 N–H and O–H groups in total. The molecule has 0 aliphatic carbocycles. The first-order chi connectivity index (χ1) is 7.29. The summed E-state index contributed by atoms with van der Waals surface area (Å²) in [4.78, 5) is 4.50. The van der Waals surface area contributed by atoms with Crippen LogP contribution in [-0.2, 0) is 4.74 Å². The number of nitrogens with zero attached hydrogens (tertiary/aromatic N) is 1. The molecule has 2 heterocycles. The van der Waals surface area contributed by atoms with E-state index in [-0.39, 0.29) is 6.10 Å². The van der Waals surface area contributed by atoms with E-state index in [2.05, 4.69) is 15.6 Å². The molecule has 0 aromatic carbocycles. The zero-order valence-electron chi connectivity index (χ0n) is 9.21. The summed E-state index contributed by atoms with van der Waals surface area (Å²) in [7, 11) is 1.92. The largest absolute Gasteiger partial charge is 0.388 e. The molecule has 2 rings (SSSR count). The number of rotatable bonds is 2. The number of aromatic nitrogens is 1. The fraction of sp³-hybridized carbons (Fsp3) is 0.545. The van der Waals surface area contributed by atoms with Crippen LogP contribution in [0.1, 0.15) is 17.5 Å². The predicted molar refractivity (Wildman–Crippen MR) is 60.1 cm³/mol. The van der Waals surface area contributed by atoms with E-state index in [1.165, 1.54) is 0 Å². The molecule has 0 radical (unpaired) electrons. The molecule has 0 unspecified atom stereocenters. The van der Waals surface area contributed by atoms with Crippen LogP contribution < -0.4 is 10.6 Å². The molecule has 0 amide bonds. The Bertz CT molecular complexity index is 335. The van der Waals surface area contributed by atoms with Gasteiger partial charge in [-0.05, 0) is 19.1 Å². The average molecular weight is 207 g/mol. The van der Waals surface area contributed by atoms with Crippen molar-refractivity contribution in [2.75, 3.05) is 32.1 Å². The van der Waals surface area contributed by atoms with Crippen molar-refractivity contribution >= 4 is 5.69 Å². The molecular formula is C11H17N3O. The van der Waals surface area contributed by atoms with Crippen molar-refractivity contribution < 1.29 is 4.74 Å². The molecule has 1 aliphatic rings. The van der Waals surface area contributed by atoms with Crippen molar-refractivity contribution in [3.63, 3.8) is 0 Å². The number of aryl methyl sites for hydroxylation is 1. The SMILES string of the molecule is CNc1cc(C)nc([C@H]2CNCCO2)c1. The fourth-order valence-corrected chi connectivity index (χ4v) is 1.76. The van der Waals surface area contributed by atoms with Crippen LogP contribution in [0.3, 0.4) is 0 Å². The molecule has 0 bridgehead atoms. The summed E-state index contributed by atoms with van der Waals surface area (Å²) in [5, 5.41) is 6.44. The molecule has 0 saturated carbocycles. The summed E-state index contributed by atoms with van der Waals surface area (Å²) in [5.41, 5.74) is 3.12. The van der Waals surface area contributed by atoms with Crippen LogP contribution in [0, 0.1) is 6.92 Å². The van der Waals surface area contributed by atoms with Crippen molar-refractivity contribution in [3.8, 4) is 0 Å². The van der Waals surface area contributed by atoms with E-state index in [0.717, 1.165) is 36.8 Å². The maximum Gasteiger partial charge on any atom is 0.112 e. The molecule has 15 heavy (non-hydrogen) atoms. The highest BCUT2D eigenvalue weighted by Crippen LogP contribution is 2.20. The Morgan fingerprint density at radius 1 is 1.53 bits per heavy atom. The predicted octanol–water partition coefficient (Wildman–Crippen LogP) is 1.09. The molecule has 1 aliphatic heterocycles. The van der Waals surface area contributed by atoms with E-state index < -0.39 is 0 Å². The number of morpholine rings is 1. The number of hydrogen-bond donors (Lipinski definition) is 2. The lowest BCUT2D eigenvalue weighted by Gasteiger charge is -2.23. The maximum absolute atomic E-state index is 5.67. The lowest BCUT2D eigenvalue weighted by Crippen LogP contribution is -2.33. The van der Waals surface area contributed by atoms with Crippen LogP contribution in [0.4, 0.5) is 5.69 Å². The molecule has 4 nitrogen and oxygen atoms in total. The topological polar surface area (TPSA) is 46.2 Å². The van der Waals surface area contributed by atoms with E-state index in [9.17, 15) is 0 Å². The van der Waals surface area contributed by atoms with Gasteiger partial charge in [-0.2, -0.15) is 0 Å². The van der Waals surface area contributed by atoms with Crippen LogP contribution in [0.5, 0.6) is 0 Å². The standard InChI is InChI=1S/C11H17N3O/c1-8-5-9(12-2)6-10(14-8)11-7-13-3-4-15-11/h5-6,11,13H,3-4,7H2,1-2H3,(H,12,14)/t11-/m1/s1. The van der Waals surface area contributed by atoms with Gasteiger partial charge in [-0.1, -0.05) is 0 Å². The highest BCUT2D eigenvalue weighted by atomic mass is 16.5. The summed E-state index contributed by atoms with van der Waals surface area (Å²) in [6, 6.07) is 4.07. The van der Waals surface area contributed by atoms with Gasteiger partial charge in [0.15, 0.2) is 0 Å². The van der Waals surface area contributed by atoms with Gasteiger partial charge in [-0.25, -0.2) is 0 Å². The van der Waals surface area contributed by atoms with Gasteiger partial charge in [-0.15, -0.1) is 0 Å². The maximum atomic E-state index is 5.67. The van der Waals surface area contributed by atoms with E-state index in [4.69, 9.17) is 4.74 Å². The van der Waals surface area contributed by atoms with Crippen LogP contribution in [0.15, 0.2) is 12.1 Å². The highest BCUT2D eigenvalue weighted by Gasteiger charge is 2.17. The molecule has 82 valence electrons. The van der Waals surface area contributed by atoms with E-state index >= 15 is 0 Å². The number of hydrogen-bond acceptors (Lipinski definition) is 4. The van der Waals surface area contributed by atoms with Crippen LogP contribution in [0.25, 0.3) is 0 Å². The highest BCUT2D eigenvalue weighted by molar-refractivity contribution is 5.45. The van der Waals surface area contributed by atoms with Crippen molar-refractivity contribution in [2.24, 2.45) is 0 Å². The Hall–Kier alpha value is -1.13. The Morgan fingerprint density at radius 2 is 2.40 bits per heavy atom. The quantitative estimate of drug-likeness (QED) is 0.762. The first kappa shape index (κ1) is 10.4. The third-order valence-corrected chi connectivity index (χ3v) is 2.52. The van der Waals surface area contributed by atoms with Crippen LogP contribution >= 0.6 is 0 Å². The van der Waals surface area contributed by atoms with Gasteiger partial charge in [0.2, 0.25) is 0 Å². The second-order valence-electron chi connectivity index (χ2n) is 3.74. The Morgan fingerprint density at radius 3 is 3.07 bits per heavy atom. The summed E-state index contributed by atoms with van der Waals surface area (Å²) in [5.74, 6) is 0. The average Bonchev–Trinajstić information content (AvgIpc) is 2.29. The number of pyridine rings is 1. The molecule has 1 aromatic heterocycles. The van der Waals surface area contributed by atoms with Crippen molar-refractivity contribution in [1.82, 2.24) is 10.3 Å². The van der Waals surface area contributed by atoms with E-state index in [1.807, 2.05) is 26.1 Å². The first-order valence-electron chi connectivity index (χ1n) is 5.28. The van der Waals surface area contributed by atoms with E-state index in [1.54, 1.807) is 0 Å². The molecule has 1 aromatic rings. The lowest BCUT2D eigenvalue weighted by molar-refractivity contribution is 0.0250. The van der Waals surface area contributed by atoms with Gasteiger partial charge in [0.25, 0.3) is 0 Å². The first-order valence-corrected chi connectivity index (χ1v) is 5.28. The zero-order valence-corrected chi connectivity index (χ0v) is 9.21. The van der Waals surface area contributed by atoms with Gasteiger partial charge in [0.05, 0.1) is 12.3 Å². The zero-order chi connectivity index (χ0) is 10.7. The Labute approximate surface area is 90.0 Å². The summed E-state index contributed by atoms with van der Waals surface area (Å²) >= 11 is 0. The minimum Gasteiger partial charge on any atom is -0.388 e. The summed E-state index contributed by atoms with van der Waals surface area (Å²) < 4.78 is 5.67. The summed E-state index contributed by atoms with van der Waals surface area (Å²) in [6.07, 6.45) is 0.0887. The Balaban J connectivity index is 2.22. The monoisotopic (exact) mass is 207 g/mol.